The molecule has 5 saturated carbocycles. The Balaban J connectivity index is 1.37. The molecule has 5 fully saturated rings. The van der Waals surface area contributed by atoms with E-state index in [1.807, 2.05) is 0 Å². The summed E-state index contributed by atoms with van der Waals surface area (Å²) in [6, 6.07) is 0. The van der Waals surface area contributed by atoms with E-state index in [9.17, 15) is 0 Å². The highest BCUT2D eigenvalue weighted by Gasteiger charge is 2.82. The molecule has 2 spiro atoms. The molecule has 224 valence electrons. The molecule has 0 radical (unpaired) electrons. The van der Waals surface area contributed by atoms with Crippen LogP contribution in [0.25, 0.3) is 0 Å². The van der Waals surface area contributed by atoms with Crippen molar-refractivity contribution < 1.29 is 4.43 Å². The van der Waals surface area contributed by atoms with Gasteiger partial charge in [0, 0.05) is 0 Å². The molecule has 0 N–H and O–H groups in total. The lowest BCUT2D eigenvalue weighted by molar-refractivity contribution is -0.159. The van der Waals surface area contributed by atoms with Crippen LogP contribution in [-0.4, -0.2) is 14.4 Å². The molecule has 5 aliphatic rings. The Hall–Kier alpha value is -0.0831. The number of hydrogen-bond donors (Lipinski definition) is 0. The van der Waals surface area contributed by atoms with Crippen LogP contribution in [0.1, 0.15) is 140 Å². The van der Waals surface area contributed by atoms with Crippen molar-refractivity contribution in [1.82, 2.24) is 0 Å². The molecule has 0 unspecified atom stereocenters. The molecule has 0 heterocycles. The summed E-state index contributed by atoms with van der Waals surface area (Å²) < 4.78 is 7.24. The van der Waals surface area contributed by atoms with Crippen LogP contribution >= 0.6 is 0 Å². The predicted molar refractivity (Wildman–Crippen MR) is 171 cm³/mol. The highest BCUT2D eigenvalue weighted by atomic mass is 28.4. The summed E-state index contributed by atoms with van der Waals surface area (Å²) in [4.78, 5) is 0. The molecular weight excluding hydrogens is 488 g/mol. The molecule has 9 atom stereocenters. The van der Waals surface area contributed by atoms with Gasteiger partial charge in [-0.05, 0) is 146 Å². The minimum atomic E-state index is -1.77. The lowest BCUT2D eigenvalue weighted by Gasteiger charge is -2.64. The minimum Gasteiger partial charge on any atom is -0.413 e. The Morgan fingerprint density at radius 1 is 0.846 bits per heavy atom. The van der Waals surface area contributed by atoms with Gasteiger partial charge in [-0.1, -0.05) is 80.9 Å². The molecule has 1 nitrogen and oxygen atoms in total. The summed E-state index contributed by atoms with van der Waals surface area (Å²) in [5.74, 6) is 4.21. The van der Waals surface area contributed by atoms with Crippen LogP contribution in [0.4, 0.5) is 0 Å². The van der Waals surface area contributed by atoms with E-state index in [0.717, 1.165) is 23.7 Å². The first-order chi connectivity index (χ1) is 17.8. The zero-order chi connectivity index (χ0) is 29.0. The molecule has 39 heavy (non-hydrogen) atoms. The minimum absolute atomic E-state index is 0.290. The molecule has 0 amide bonds. The summed E-state index contributed by atoms with van der Waals surface area (Å²) in [5.41, 5.74) is 4.22. The fourth-order valence-corrected chi connectivity index (χ4v) is 13.3. The van der Waals surface area contributed by atoms with Gasteiger partial charge in [0.15, 0.2) is 8.32 Å². The molecule has 0 bridgehead atoms. The smallest absolute Gasteiger partial charge is 0.192 e. The summed E-state index contributed by atoms with van der Waals surface area (Å²) in [6.07, 6.45) is 17.5. The Kier molecular flexibility index (Phi) is 7.17. The Morgan fingerprint density at radius 3 is 2.08 bits per heavy atom. The first kappa shape index (κ1) is 30.4. The van der Waals surface area contributed by atoms with Crippen LogP contribution in [0.2, 0.25) is 18.1 Å². The average Bonchev–Trinajstić information content (AvgIpc) is 3.40. The maximum atomic E-state index is 7.24. The van der Waals surface area contributed by atoms with Gasteiger partial charge in [0.1, 0.15) is 0 Å². The molecule has 0 aromatic rings. The van der Waals surface area contributed by atoms with E-state index in [4.69, 9.17) is 4.43 Å². The third-order valence-corrected chi connectivity index (χ3v) is 20.3. The van der Waals surface area contributed by atoms with Crippen LogP contribution < -0.4 is 0 Å². The number of allylic oxidation sites excluding steroid dienone is 2. The predicted octanol–water partition coefficient (Wildman–Crippen LogP) is 11.4. The van der Waals surface area contributed by atoms with Crippen molar-refractivity contribution in [2.24, 2.45) is 56.7 Å². The largest absolute Gasteiger partial charge is 0.413 e. The topological polar surface area (TPSA) is 9.23 Å². The monoisotopic (exact) mass is 554 g/mol. The summed E-state index contributed by atoms with van der Waals surface area (Å²) in [5, 5.41) is 0.290. The molecule has 0 aliphatic heterocycles. The highest BCUT2D eigenvalue weighted by molar-refractivity contribution is 6.74. The molecule has 0 aromatic heterocycles. The molecular formula is C37H66OSi. The Bertz CT molecular complexity index is 984. The highest BCUT2D eigenvalue weighted by Crippen LogP contribution is 2.89. The maximum absolute atomic E-state index is 7.24. The fraction of sp³-hybridized carbons (Fsp3) is 0.946. The van der Waals surface area contributed by atoms with Crippen molar-refractivity contribution in [1.29, 1.82) is 0 Å². The van der Waals surface area contributed by atoms with E-state index in [1.54, 1.807) is 12.0 Å². The van der Waals surface area contributed by atoms with Crippen molar-refractivity contribution in [2.75, 3.05) is 0 Å². The van der Waals surface area contributed by atoms with E-state index in [2.05, 4.69) is 95.3 Å². The molecule has 5 aliphatic carbocycles. The zero-order valence-corrected chi connectivity index (χ0v) is 29.5. The number of hydrogen-bond acceptors (Lipinski definition) is 1. The van der Waals surface area contributed by atoms with Gasteiger partial charge in [0.05, 0.1) is 6.10 Å². The van der Waals surface area contributed by atoms with Gasteiger partial charge >= 0.3 is 0 Å². The quantitative estimate of drug-likeness (QED) is 0.234. The van der Waals surface area contributed by atoms with Gasteiger partial charge in [-0.15, -0.1) is 0 Å². The summed E-state index contributed by atoms with van der Waals surface area (Å²) in [6.45, 7) is 32.6. The number of rotatable bonds is 6. The number of fused-ring (bicyclic) bond motifs is 2. The SMILES string of the molecule is C/C(=C\C[C@@H](C)[C@H]1CC[C@@]2(C)[C@@H]3CC[C@H]4C(C)(C)[C@@H](O[Si](C)(C)C(C)(C)C)CC[C@@]45C[C@@]35CC[C@]12C)C(C)C. The van der Waals surface area contributed by atoms with Crippen molar-refractivity contribution in [3.05, 3.63) is 11.6 Å². The van der Waals surface area contributed by atoms with E-state index >= 15 is 0 Å². The zero-order valence-electron chi connectivity index (χ0n) is 28.5. The van der Waals surface area contributed by atoms with Crippen LogP contribution in [0.3, 0.4) is 0 Å². The lowest BCUT2D eigenvalue weighted by atomic mass is 9.41. The van der Waals surface area contributed by atoms with Gasteiger partial charge in [-0.25, -0.2) is 0 Å². The maximum Gasteiger partial charge on any atom is 0.192 e. The van der Waals surface area contributed by atoms with E-state index in [0.29, 0.717) is 44.1 Å². The van der Waals surface area contributed by atoms with Crippen molar-refractivity contribution in [2.45, 2.75) is 165 Å². The molecule has 5 rings (SSSR count). The normalized spacial score (nSPS) is 46.3. The Morgan fingerprint density at radius 2 is 1.46 bits per heavy atom. The average molecular weight is 555 g/mol. The third kappa shape index (κ3) is 4.12. The van der Waals surface area contributed by atoms with Gasteiger partial charge in [0.2, 0.25) is 0 Å². The van der Waals surface area contributed by atoms with E-state index < -0.39 is 8.32 Å². The van der Waals surface area contributed by atoms with Crippen LogP contribution in [0.15, 0.2) is 11.6 Å². The first-order valence-corrected chi connectivity index (χ1v) is 20.0. The lowest BCUT2D eigenvalue weighted by Crippen LogP contribution is -2.59. The summed E-state index contributed by atoms with van der Waals surface area (Å²) >= 11 is 0. The Labute approximate surface area is 245 Å². The molecule has 0 saturated heterocycles. The van der Waals surface area contributed by atoms with Crippen molar-refractivity contribution in [3.63, 3.8) is 0 Å². The van der Waals surface area contributed by atoms with Gasteiger partial charge in [-0.2, -0.15) is 0 Å². The second kappa shape index (κ2) is 9.21. The second-order valence-electron chi connectivity index (χ2n) is 18.7. The summed E-state index contributed by atoms with van der Waals surface area (Å²) in [7, 11) is -1.77. The van der Waals surface area contributed by atoms with Gasteiger partial charge in [-0.3, -0.25) is 0 Å². The standard InChI is InChI=1S/C37H66OSi/c1-25(2)26(3)14-15-27(4)28-18-20-35(11)30-17-16-29-33(8,9)31(38-39(12,13)32(5,6)7)19-21-36(29)24-37(30,36)23-22-34(28,35)10/h14,25,27-31H,15-24H2,1-13H3/b26-14+/t27-,28-,29+,30+,31+,34-,35+,36-,37+/m1/s1. The van der Waals surface area contributed by atoms with Crippen LogP contribution in [0.5, 0.6) is 0 Å². The van der Waals surface area contributed by atoms with Gasteiger partial charge in [0.25, 0.3) is 0 Å². The van der Waals surface area contributed by atoms with Crippen molar-refractivity contribution in [3.8, 4) is 0 Å². The van der Waals surface area contributed by atoms with Crippen molar-refractivity contribution >= 4 is 8.32 Å². The fourth-order valence-electron chi connectivity index (χ4n) is 11.8. The molecule has 2 heteroatoms. The third-order valence-electron chi connectivity index (χ3n) is 15.8. The first-order valence-electron chi connectivity index (χ1n) is 17.1. The van der Waals surface area contributed by atoms with Gasteiger partial charge < -0.3 is 4.43 Å². The van der Waals surface area contributed by atoms with E-state index in [-0.39, 0.29) is 0 Å². The second-order valence-corrected chi connectivity index (χ2v) is 23.5. The van der Waals surface area contributed by atoms with Crippen LogP contribution in [-0.2, 0) is 4.43 Å². The van der Waals surface area contributed by atoms with Crippen LogP contribution in [0, 0.1) is 56.7 Å². The molecule has 0 aromatic carbocycles. The van der Waals surface area contributed by atoms with E-state index in [1.165, 1.54) is 57.8 Å².